The van der Waals surface area contributed by atoms with Crippen molar-refractivity contribution in [2.75, 3.05) is 0 Å². The van der Waals surface area contributed by atoms with Crippen molar-refractivity contribution in [1.29, 1.82) is 0 Å². The fourth-order valence-electron chi connectivity index (χ4n) is 3.26. The van der Waals surface area contributed by atoms with Gasteiger partial charge >= 0.3 is 12.0 Å². The number of hydrogen-bond donors (Lipinski definition) is 5. The van der Waals surface area contributed by atoms with E-state index in [1.807, 2.05) is 13.8 Å². The molecule has 1 aromatic heterocycles. The van der Waals surface area contributed by atoms with Gasteiger partial charge in [0.05, 0.1) is 0 Å². The molecule has 1 heterocycles. The van der Waals surface area contributed by atoms with Crippen LogP contribution in [0, 0.1) is 5.82 Å². The molecule has 3 amide bonds. The van der Waals surface area contributed by atoms with Crippen LogP contribution >= 0.6 is 0 Å². The monoisotopic (exact) mass is 440 g/mol. The molecule has 168 valence electrons. The molecule has 1 atom stereocenters. The van der Waals surface area contributed by atoms with Gasteiger partial charge in [0.2, 0.25) is 0 Å². The minimum Gasteiger partial charge on any atom is -0.480 e. The number of amides is 3. The van der Waals surface area contributed by atoms with Gasteiger partial charge in [0.15, 0.2) is 0 Å². The Hall–Kier alpha value is -3.88. The third-order valence-electron chi connectivity index (χ3n) is 4.85. The molecule has 2 aromatic carbocycles. The summed E-state index contributed by atoms with van der Waals surface area (Å²) >= 11 is 0. The summed E-state index contributed by atoms with van der Waals surface area (Å²) in [6.45, 7) is 4.00. The highest BCUT2D eigenvalue weighted by Gasteiger charge is 2.22. The summed E-state index contributed by atoms with van der Waals surface area (Å²) in [5, 5.41) is 18.2. The van der Waals surface area contributed by atoms with Crippen molar-refractivity contribution in [3.8, 4) is 0 Å². The zero-order valence-electron chi connectivity index (χ0n) is 17.7. The molecule has 5 N–H and O–H groups in total. The highest BCUT2D eigenvalue weighted by Crippen LogP contribution is 2.20. The number of benzene rings is 2. The fraction of sp³-hybridized carbons (Fsp3) is 0.261. The average molecular weight is 440 g/mol. The molecule has 0 saturated carbocycles. The van der Waals surface area contributed by atoms with Crippen LogP contribution in [0.2, 0.25) is 0 Å². The van der Waals surface area contributed by atoms with Crippen LogP contribution in [0.1, 0.15) is 35.3 Å². The van der Waals surface area contributed by atoms with Crippen LogP contribution in [0.15, 0.2) is 48.7 Å². The van der Waals surface area contributed by atoms with E-state index in [2.05, 4.69) is 20.9 Å². The maximum atomic E-state index is 13.4. The molecule has 9 heteroatoms. The normalized spacial score (nSPS) is 11.9. The first-order chi connectivity index (χ1) is 15.2. The summed E-state index contributed by atoms with van der Waals surface area (Å²) in [4.78, 5) is 38.9. The Kier molecular flexibility index (Phi) is 7.09. The van der Waals surface area contributed by atoms with Crippen molar-refractivity contribution >= 4 is 28.8 Å². The predicted octanol–water partition coefficient (Wildman–Crippen LogP) is 2.94. The summed E-state index contributed by atoms with van der Waals surface area (Å²) in [7, 11) is 0. The molecule has 0 aliphatic heterocycles. The molecular weight excluding hydrogens is 415 g/mol. The van der Waals surface area contributed by atoms with Gasteiger partial charge in [0, 0.05) is 41.7 Å². The number of nitrogens with one attached hydrogen (secondary N) is 4. The summed E-state index contributed by atoms with van der Waals surface area (Å²) < 4.78 is 13.4. The van der Waals surface area contributed by atoms with Gasteiger partial charge in [-0.25, -0.2) is 14.0 Å². The average Bonchev–Trinajstić information content (AvgIpc) is 3.13. The van der Waals surface area contributed by atoms with Crippen molar-refractivity contribution in [2.24, 2.45) is 0 Å². The Morgan fingerprint density at radius 2 is 1.78 bits per heavy atom. The van der Waals surface area contributed by atoms with Crippen molar-refractivity contribution in [1.82, 2.24) is 20.9 Å². The van der Waals surface area contributed by atoms with Gasteiger partial charge in [-0.2, -0.15) is 0 Å². The molecule has 0 aliphatic rings. The Morgan fingerprint density at radius 3 is 2.44 bits per heavy atom. The first-order valence-electron chi connectivity index (χ1n) is 10.2. The molecule has 32 heavy (non-hydrogen) atoms. The third-order valence-corrected chi connectivity index (χ3v) is 4.85. The molecule has 0 spiro atoms. The number of H-pyrrole nitrogens is 1. The van der Waals surface area contributed by atoms with Gasteiger partial charge in [0.1, 0.15) is 11.9 Å². The van der Waals surface area contributed by atoms with Crippen LogP contribution in [0.25, 0.3) is 10.9 Å². The Bertz CT molecular complexity index is 1120. The molecule has 0 radical (unpaired) electrons. The number of aromatic nitrogens is 1. The van der Waals surface area contributed by atoms with Gasteiger partial charge in [-0.15, -0.1) is 0 Å². The topological polar surface area (TPSA) is 123 Å². The molecule has 0 fully saturated rings. The third kappa shape index (κ3) is 5.84. The van der Waals surface area contributed by atoms with E-state index in [0.29, 0.717) is 28.6 Å². The lowest BCUT2D eigenvalue weighted by Gasteiger charge is -2.15. The lowest BCUT2D eigenvalue weighted by atomic mass is 10.0. The molecule has 0 aliphatic carbocycles. The molecule has 3 aromatic rings. The van der Waals surface area contributed by atoms with Gasteiger partial charge in [-0.3, -0.25) is 4.79 Å². The Balaban J connectivity index is 1.63. The van der Waals surface area contributed by atoms with Crippen LogP contribution in [0.5, 0.6) is 0 Å². The van der Waals surface area contributed by atoms with Crippen LogP contribution in [-0.4, -0.2) is 40.1 Å². The van der Waals surface area contributed by atoms with Crippen LogP contribution in [-0.2, 0) is 17.8 Å². The number of carbonyl (C=O) groups excluding carboxylic acids is 2. The fourth-order valence-corrected chi connectivity index (χ4v) is 3.26. The van der Waals surface area contributed by atoms with E-state index in [0.717, 1.165) is 5.56 Å². The number of halogens is 1. The molecule has 0 bridgehead atoms. The Labute approximate surface area is 184 Å². The largest absolute Gasteiger partial charge is 0.480 e. The van der Waals surface area contributed by atoms with E-state index in [1.165, 1.54) is 12.1 Å². The van der Waals surface area contributed by atoms with E-state index in [4.69, 9.17) is 0 Å². The number of rotatable bonds is 8. The number of aromatic amines is 1. The first-order valence-corrected chi connectivity index (χ1v) is 10.2. The van der Waals surface area contributed by atoms with Crippen LogP contribution in [0.3, 0.4) is 0 Å². The maximum Gasteiger partial charge on any atom is 0.326 e. The quantitative estimate of drug-likeness (QED) is 0.369. The van der Waals surface area contributed by atoms with Crippen molar-refractivity contribution in [3.05, 3.63) is 71.2 Å². The second-order valence-electron chi connectivity index (χ2n) is 7.75. The molecule has 0 saturated heterocycles. The number of carboxylic acids is 1. The Morgan fingerprint density at radius 1 is 1.06 bits per heavy atom. The second-order valence-corrected chi connectivity index (χ2v) is 7.75. The van der Waals surface area contributed by atoms with Gasteiger partial charge in [-0.05, 0) is 55.3 Å². The smallest absolute Gasteiger partial charge is 0.326 e. The maximum absolute atomic E-state index is 13.4. The van der Waals surface area contributed by atoms with Crippen LogP contribution < -0.4 is 16.0 Å². The molecular formula is C23H25FN4O4. The zero-order chi connectivity index (χ0) is 23.3. The number of carboxylic acid groups (broad SMARTS) is 1. The standard InChI is InChI=1S/C23H25FN4O4/c1-13(2)27-23(32)26-11-14-3-5-15(6-4-14)21(29)28-20(22(30)31)9-16-12-25-19-10-17(24)7-8-18(16)19/h3-8,10,12-13,20,25H,9,11H2,1-2H3,(H,28,29)(H,30,31)(H2,26,27,32). The molecule has 3 rings (SSSR count). The summed E-state index contributed by atoms with van der Waals surface area (Å²) in [6, 6.07) is 9.30. The minimum atomic E-state index is -1.17. The zero-order valence-corrected chi connectivity index (χ0v) is 17.7. The van der Waals surface area contributed by atoms with Crippen molar-refractivity contribution < 1.29 is 23.9 Å². The van der Waals surface area contributed by atoms with E-state index < -0.39 is 23.7 Å². The van der Waals surface area contributed by atoms with Crippen LogP contribution in [0.4, 0.5) is 9.18 Å². The summed E-state index contributed by atoms with van der Waals surface area (Å²) in [6.07, 6.45) is 1.66. The number of hydrogen-bond acceptors (Lipinski definition) is 3. The number of carbonyl (C=O) groups is 3. The van der Waals surface area contributed by atoms with Gasteiger partial charge in [0.25, 0.3) is 5.91 Å². The minimum absolute atomic E-state index is 0.0219. The SMILES string of the molecule is CC(C)NC(=O)NCc1ccc(C(=O)NC(Cc2c[nH]c3cc(F)ccc23)C(=O)O)cc1. The highest BCUT2D eigenvalue weighted by atomic mass is 19.1. The van der Waals surface area contributed by atoms with E-state index in [1.54, 1.807) is 36.5 Å². The van der Waals surface area contributed by atoms with E-state index in [9.17, 15) is 23.9 Å². The number of fused-ring (bicyclic) bond motifs is 1. The van der Waals surface area contributed by atoms with E-state index in [-0.39, 0.29) is 18.5 Å². The van der Waals surface area contributed by atoms with Gasteiger partial charge < -0.3 is 26.0 Å². The van der Waals surface area contributed by atoms with Gasteiger partial charge in [-0.1, -0.05) is 12.1 Å². The first kappa shape index (κ1) is 22.8. The van der Waals surface area contributed by atoms with Crippen molar-refractivity contribution in [2.45, 2.75) is 38.9 Å². The lowest BCUT2D eigenvalue weighted by Crippen LogP contribution is -2.42. The number of urea groups is 1. The predicted molar refractivity (Wildman–Crippen MR) is 118 cm³/mol. The number of aliphatic carboxylic acids is 1. The second kappa shape index (κ2) is 9.95. The highest BCUT2D eigenvalue weighted by molar-refractivity contribution is 5.97. The van der Waals surface area contributed by atoms with E-state index >= 15 is 0 Å². The molecule has 8 nitrogen and oxygen atoms in total. The van der Waals surface area contributed by atoms with Crippen molar-refractivity contribution in [3.63, 3.8) is 0 Å². The molecule has 1 unspecified atom stereocenters. The lowest BCUT2D eigenvalue weighted by molar-refractivity contribution is -0.139. The summed E-state index contributed by atoms with van der Waals surface area (Å²) in [5.74, 6) is -2.10. The summed E-state index contributed by atoms with van der Waals surface area (Å²) in [5.41, 5.74) is 2.31.